The molecule has 0 fully saturated rings. The molecule has 1 aromatic carbocycles. The molecule has 0 heterocycles. The molecule has 0 bridgehead atoms. The Bertz CT molecular complexity index is 581. The number of benzene rings is 1. The van der Waals surface area contributed by atoms with Gasteiger partial charge in [-0.2, -0.15) is 0 Å². The Morgan fingerprint density at radius 2 is 1.84 bits per heavy atom. The van der Waals surface area contributed by atoms with Gasteiger partial charge in [-0.1, -0.05) is 84.7 Å². The van der Waals surface area contributed by atoms with Crippen LogP contribution in [0, 0.1) is 0 Å². The number of thiocarbonyl (C=S) groups is 1. The van der Waals surface area contributed by atoms with Gasteiger partial charge in [0.15, 0.2) is 5.11 Å². The van der Waals surface area contributed by atoms with Crippen LogP contribution in [0.3, 0.4) is 0 Å². The first kappa shape index (κ1) is 22.6. The first-order chi connectivity index (χ1) is 11.7. The van der Waals surface area contributed by atoms with Crippen LogP contribution in [0.15, 0.2) is 24.3 Å². The second-order valence-corrected chi connectivity index (χ2v) is 8.62. The minimum Gasteiger partial charge on any atom is -0.339 e. The van der Waals surface area contributed by atoms with E-state index in [-0.39, 0.29) is 11.0 Å². The van der Waals surface area contributed by atoms with Gasteiger partial charge in [0.05, 0.1) is 10.7 Å². The van der Waals surface area contributed by atoms with Gasteiger partial charge in [0.2, 0.25) is 9.70 Å². The minimum absolute atomic E-state index is 0.177. The highest BCUT2D eigenvalue weighted by Crippen LogP contribution is 2.29. The third-order valence-corrected chi connectivity index (χ3v) is 4.49. The number of hydrogen-bond donors (Lipinski definition) is 3. The van der Waals surface area contributed by atoms with Crippen LogP contribution in [0.4, 0.5) is 5.69 Å². The Kier molecular flexibility index (Phi) is 10.2. The molecule has 0 unspecified atom stereocenters. The van der Waals surface area contributed by atoms with Gasteiger partial charge in [-0.25, -0.2) is 0 Å². The number of unbranched alkanes of at least 4 members (excludes halogenated alkanes) is 3. The molecule has 0 aliphatic rings. The van der Waals surface area contributed by atoms with Crippen LogP contribution in [0.5, 0.6) is 0 Å². The Labute approximate surface area is 173 Å². The van der Waals surface area contributed by atoms with E-state index in [4.69, 9.17) is 58.6 Å². The molecular weight excluding hydrogens is 424 g/mol. The highest BCUT2D eigenvalue weighted by Gasteiger charge is 2.34. The number of para-hydroxylation sites is 1. The first-order valence-corrected chi connectivity index (χ1v) is 9.84. The lowest BCUT2D eigenvalue weighted by Gasteiger charge is -2.28. The molecule has 25 heavy (non-hydrogen) atoms. The summed E-state index contributed by atoms with van der Waals surface area (Å²) in [6.07, 6.45) is 3.35. The number of anilines is 1. The van der Waals surface area contributed by atoms with Crippen LogP contribution in [0.2, 0.25) is 5.02 Å². The van der Waals surface area contributed by atoms with E-state index in [1.54, 1.807) is 24.3 Å². The van der Waals surface area contributed by atoms with Crippen molar-refractivity contribution >= 4 is 75.3 Å². The quantitative estimate of drug-likeness (QED) is 0.217. The number of amides is 1. The maximum Gasteiger partial charge on any atom is 0.228 e. The van der Waals surface area contributed by atoms with Crippen LogP contribution in [0.25, 0.3) is 0 Å². The van der Waals surface area contributed by atoms with Crippen molar-refractivity contribution in [3.63, 3.8) is 0 Å². The predicted molar refractivity (Wildman–Crippen MR) is 112 cm³/mol. The number of rotatable bonds is 8. The van der Waals surface area contributed by atoms with Gasteiger partial charge in [-0.3, -0.25) is 4.79 Å². The average Bonchev–Trinajstić information content (AvgIpc) is 2.52. The van der Waals surface area contributed by atoms with E-state index >= 15 is 0 Å². The number of halogens is 4. The lowest BCUT2D eigenvalue weighted by molar-refractivity contribution is -0.122. The molecule has 0 saturated carbocycles. The molecule has 3 N–H and O–H groups in total. The van der Waals surface area contributed by atoms with E-state index in [0.717, 1.165) is 25.7 Å². The van der Waals surface area contributed by atoms with Crippen LogP contribution < -0.4 is 16.0 Å². The molecule has 0 spiro atoms. The number of carbonyl (C=O) groups is 1. The normalized spacial score (nSPS) is 12.4. The highest BCUT2D eigenvalue weighted by atomic mass is 35.6. The van der Waals surface area contributed by atoms with E-state index in [1.807, 2.05) is 0 Å². The second kappa shape index (κ2) is 11.3. The van der Waals surface area contributed by atoms with Crippen LogP contribution >= 0.6 is 58.6 Å². The zero-order valence-corrected chi connectivity index (χ0v) is 17.6. The Morgan fingerprint density at radius 1 is 1.16 bits per heavy atom. The molecular formula is C16H21Cl4N3OS. The van der Waals surface area contributed by atoms with Gasteiger partial charge in [-0.05, 0) is 30.8 Å². The predicted octanol–water partition coefficient (Wildman–Crippen LogP) is 5.41. The number of nitrogens with one attached hydrogen (secondary N) is 3. The van der Waals surface area contributed by atoms with E-state index in [9.17, 15) is 4.79 Å². The molecule has 0 radical (unpaired) electrons. The molecule has 0 aromatic heterocycles. The van der Waals surface area contributed by atoms with Gasteiger partial charge in [0, 0.05) is 6.42 Å². The zero-order chi connectivity index (χ0) is 18.9. The Hall–Kier alpha value is -0.460. The Morgan fingerprint density at radius 3 is 2.44 bits per heavy atom. The summed E-state index contributed by atoms with van der Waals surface area (Å²) in [7, 11) is 0. The first-order valence-electron chi connectivity index (χ1n) is 7.92. The number of hydrogen-bond acceptors (Lipinski definition) is 2. The van der Waals surface area contributed by atoms with Crippen LogP contribution in [-0.4, -0.2) is 21.0 Å². The topological polar surface area (TPSA) is 53.2 Å². The summed E-state index contributed by atoms with van der Waals surface area (Å²) >= 11 is 29.1. The molecule has 1 atom stereocenters. The van der Waals surface area contributed by atoms with Crippen molar-refractivity contribution in [3.8, 4) is 0 Å². The molecule has 1 amide bonds. The lowest BCUT2D eigenvalue weighted by atomic mass is 10.1. The molecule has 0 aliphatic heterocycles. The van der Waals surface area contributed by atoms with E-state index in [1.165, 1.54) is 0 Å². The summed E-state index contributed by atoms with van der Waals surface area (Å²) in [4.78, 5) is 12.0. The van der Waals surface area contributed by atoms with Crippen molar-refractivity contribution in [1.29, 1.82) is 0 Å². The summed E-state index contributed by atoms with van der Waals surface area (Å²) in [5, 5.41) is 9.04. The van der Waals surface area contributed by atoms with Crippen LogP contribution in [-0.2, 0) is 4.79 Å². The van der Waals surface area contributed by atoms with E-state index in [0.29, 0.717) is 17.1 Å². The molecule has 4 nitrogen and oxygen atoms in total. The largest absolute Gasteiger partial charge is 0.339 e. The van der Waals surface area contributed by atoms with E-state index < -0.39 is 9.96 Å². The van der Waals surface area contributed by atoms with Gasteiger partial charge in [-0.15, -0.1) is 0 Å². The van der Waals surface area contributed by atoms with Gasteiger partial charge >= 0.3 is 0 Å². The molecule has 140 valence electrons. The van der Waals surface area contributed by atoms with Gasteiger partial charge in [0.1, 0.15) is 6.17 Å². The van der Waals surface area contributed by atoms with Gasteiger partial charge in [0.25, 0.3) is 0 Å². The van der Waals surface area contributed by atoms with Crippen LogP contribution in [0.1, 0.15) is 39.0 Å². The molecule has 0 aliphatic carbocycles. The highest BCUT2D eigenvalue weighted by molar-refractivity contribution is 7.80. The van der Waals surface area contributed by atoms with Crippen molar-refractivity contribution in [2.24, 2.45) is 0 Å². The van der Waals surface area contributed by atoms with Crippen molar-refractivity contribution in [2.45, 2.75) is 49.0 Å². The molecule has 1 rings (SSSR count). The average molecular weight is 445 g/mol. The number of alkyl halides is 3. The van der Waals surface area contributed by atoms with Gasteiger partial charge < -0.3 is 16.0 Å². The molecule has 0 saturated heterocycles. The molecule has 1 aromatic rings. The summed E-state index contributed by atoms with van der Waals surface area (Å²) in [5.74, 6) is -0.208. The standard InChI is InChI=1S/C16H21Cl4N3OS/c1-2-3-4-5-10-13(24)22-14(16(18,19)20)23-15(25)21-12-9-7-6-8-11(12)17/h6-9,14H,2-5,10H2,1H3,(H,22,24)(H2,21,23,25)/t14-/m0/s1. The lowest BCUT2D eigenvalue weighted by Crippen LogP contribution is -2.56. The van der Waals surface area contributed by atoms with Crippen molar-refractivity contribution in [1.82, 2.24) is 10.6 Å². The summed E-state index contributed by atoms with van der Waals surface area (Å²) in [5.41, 5.74) is 0.607. The fraction of sp³-hybridized carbons (Fsp3) is 0.500. The monoisotopic (exact) mass is 443 g/mol. The SMILES string of the molecule is CCCCCCC(=O)N[C@@H](NC(=S)Nc1ccccc1Cl)C(Cl)(Cl)Cl. The molecule has 9 heteroatoms. The van der Waals surface area contributed by atoms with Crippen molar-refractivity contribution in [3.05, 3.63) is 29.3 Å². The Balaban J connectivity index is 2.59. The van der Waals surface area contributed by atoms with Crippen molar-refractivity contribution in [2.75, 3.05) is 5.32 Å². The smallest absolute Gasteiger partial charge is 0.228 e. The zero-order valence-electron chi connectivity index (χ0n) is 13.8. The van der Waals surface area contributed by atoms with E-state index in [2.05, 4.69) is 22.9 Å². The fourth-order valence-electron chi connectivity index (χ4n) is 2.00. The third kappa shape index (κ3) is 9.15. The number of carbonyl (C=O) groups excluding carboxylic acids is 1. The van der Waals surface area contributed by atoms with Crippen molar-refractivity contribution < 1.29 is 4.79 Å². The third-order valence-electron chi connectivity index (χ3n) is 3.29. The maximum atomic E-state index is 12.0. The summed E-state index contributed by atoms with van der Waals surface area (Å²) < 4.78 is -1.77. The minimum atomic E-state index is -1.77. The summed E-state index contributed by atoms with van der Waals surface area (Å²) in [6, 6.07) is 7.08. The second-order valence-electron chi connectivity index (χ2n) is 5.43. The maximum absolute atomic E-state index is 12.0. The summed E-state index contributed by atoms with van der Waals surface area (Å²) in [6.45, 7) is 2.11. The fourth-order valence-corrected chi connectivity index (χ4v) is 2.74.